The molecule has 1 aromatic heterocycles. The number of nitrogens with one attached hydrogen (secondary N) is 1. The minimum Gasteiger partial charge on any atom is -0.465 e. The monoisotopic (exact) mass is 305 g/mol. The molecule has 0 amide bonds. The highest BCUT2D eigenvalue weighted by molar-refractivity contribution is 9.11. The smallest absolute Gasteiger partial charge is 0.328 e. The molecule has 0 fully saturated rings. The van der Waals surface area contributed by atoms with Crippen molar-refractivity contribution in [1.29, 1.82) is 0 Å². The van der Waals surface area contributed by atoms with Crippen LogP contribution in [-0.4, -0.2) is 18.6 Å². The van der Waals surface area contributed by atoms with E-state index in [1.54, 1.807) is 11.3 Å². The van der Waals surface area contributed by atoms with Gasteiger partial charge in [-0.15, -0.1) is 11.3 Å². The number of carbonyl (C=O) groups is 1. The molecule has 0 aliphatic carbocycles. The molecular weight excluding hydrogens is 290 g/mol. The van der Waals surface area contributed by atoms with Gasteiger partial charge in [-0.05, 0) is 48.8 Å². The van der Waals surface area contributed by atoms with Crippen LogP contribution in [0.4, 0.5) is 0 Å². The highest BCUT2D eigenvalue weighted by atomic mass is 79.9. The molecule has 0 saturated heterocycles. The van der Waals surface area contributed by atoms with Gasteiger partial charge in [0.2, 0.25) is 0 Å². The maximum absolute atomic E-state index is 11.8. The second-order valence-corrected chi connectivity index (χ2v) is 6.14. The van der Waals surface area contributed by atoms with Crippen molar-refractivity contribution in [3.8, 4) is 0 Å². The van der Waals surface area contributed by atoms with Crippen LogP contribution in [-0.2, 0) is 9.53 Å². The van der Waals surface area contributed by atoms with Gasteiger partial charge in [0.1, 0.15) is 6.04 Å². The molecule has 1 N–H and O–H groups in total. The number of hydrogen-bond acceptors (Lipinski definition) is 4. The van der Waals surface area contributed by atoms with Gasteiger partial charge in [-0.2, -0.15) is 0 Å². The lowest BCUT2D eigenvalue weighted by Gasteiger charge is -2.18. The topological polar surface area (TPSA) is 38.3 Å². The number of esters is 1. The summed E-state index contributed by atoms with van der Waals surface area (Å²) >= 11 is 4.94. The predicted molar refractivity (Wildman–Crippen MR) is 69.7 cm³/mol. The average molecular weight is 306 g/mol. The number of halogens is 1. The van der Waals surface area contributed by atoms with E-state index in [4.69, 9.17) is 4.74 Å². The molecule has 0 saturated carbocycles. The predicted octanol–water partition coefficient (Wildman–Crippen LogP) is 3.11. The first-order valence-electron chi connectivity index (χ1n) is 5.22. The third kappa shape index (κ3) is 3.88. The normalized spacial score (nSPS) is 12.8. The first-order valence-corrected chi connectivity index (χ1v) is 6.83. The zero-order chi connectivity index (χ0) is 12.1. The van der Waals surface area contributed by atoms with Crippen molar-refractivity contribution in [2.75, 3.05) is 6.61 Å². The second kappa shape index (κ2) is 6.37. The lowest BCUT2D eigenvalue weighted by Crippen LogP contribution is -2.34. The highest BCUT2D eigenvalue weighted by Gasteiger charge is 2.23. The van der Waals surface area contributed by atoms with Gasteiger partial charge in [-0.1, -0.05) is 0 Å². The van der Waals surface area contributed by atoms with E-state index in [1.807, 2.05) is 32.9 Å². The van der Waals surface area contributed by atoms with Crippen LogP contribution in [0.3, 0.4) is 0 Å². The van der Waals surface area contributed by atoms with Crippen molar-refractivity contribution >= 4 is 33.2 Å². The summed E-state index contributed by atoms with van der Waals surface area (Å²) < 4.78 is 6.07. The van der Waals surface area contributed by atoms with Gasteiger partial charge in [0.15, 0.2) is 0 Å². The van der Waals surface area contributed by atoms with Crippen LogP contribution in [0.5, 0.6) is 0 Å². The Morgan fingerprint density at radius 1 is 1.56 bits per heavy atom. The number of hydrogen-bond donors (Lipinski definition) is 1. The molecule has 1 unspecified atom stereocenters. The Balaban J connectivity index is 2.82. The highest BCUT2D eigenvalue weighted by Crippen LogP contribution is 2.28. The third-order valence-electron chi connectivity index (χ3n) is 1.90. The van der Waals surface area contributed by atoms with Crippen molar-refractivity contribution in [3.63, 3.8) is 0 Å². The van der Waals surface area contributed by atoms with Gasteiger partial charge in [-0.3, -0.25) is 5.32 Å². The molecule has 0 radical (unpaired) electrons. The van der Waals surface area contributed by atoms with E-state index in [1.165, 1.54) is 0 Å². The van der Waals surface area contributed by atoms with Gasteiger partial charge >= 0.3 is 5.97 Å². The maximum atomic E-state index is 11.8. The van der Waals surface area contributed by atoms with E-state index >= 15 is 0 Å². The number of thiophene rings is 1. The number of carbonyl (C=O) groups excluding carboxylic acids is 1. The molecule has 0 aliphatic heterocycles. The Kier molecular flexibility index (Phi) is 5.44. The first-order chi connectivity index (χ1) is 7.54. The van der Waals surface area contributed by atoms with Crippen LogP contribution in [0.25, 0.3) is 0 Å². The summed E-state index contributed by atoms with van der Waals surface area (Å²) in [5.41, 5.74) is 0. The number of rotatable bonds is 5. The molecule has 0 bridgehead atoms. The van der Waals surface area contributed by atoms with Gasteiger partial charge in [0.25, 0.3) is 0 Å². The van der Waals surface area contributed by atoms with Crippen molar-refractivity contribution in [2.24, 2.45) is 0 Å². The fourth-order valence-corrected chi connectivity index (χ4v) is 2.78. The maximum Gasteiger partial charge on any atom is 0.328 e. The molecule has 0 aliphatic rings. The molecule has 16 heavy (non-hydrogen) atoms. The molecule has 1 heterocycles. The zero-order valence-corrected chi connectivity index (χ0v) is 12.0. The summed E-state index contributed by atoms with van der Waals surface area (Å²) in [6, 6.07) is 3.74. The molecule has 1 atom stereocenters. The molecule has 1 aromatic rings. The molecule has 5 heteroatoms. The fraction of sp³-hybridized carbons (Fsp3) is 0.545. The molecular formula is C11H16BrNO2S. The third-order valence-corrected chi connectivity index (χ3v) is 3.59. The van der Waals surface area contributed by atoms with Gasteiger partial charge in [0.05, 0.1) is 10.4 Å². The lowest BCUT2D eigenvalue weighted by atomic mass is 10.2. The summed E-state index contributed by atoms with van der Waals surface area (Å²) in [4.78, 5) is 12.8. The van der Waals surface area contributed by atoms with E-state index in [0.29, 0.717) is 6.61 Å². The Morgan fingerprint density at radius 2 is 2.25 bits per heavy atom. The van der Waals surface area contributed by atoms with Crippen molar-refractivity contribution in [1.82, 2.24) is 5.32 Å². The molecule has 1 rings (SSSR count). The molecule has 0 spiro atoms. The van der Waals surface area contributed by atoms with Crippen LogP contribution in [0.2, 0.25) is 0 Å². The molecule has 0 aromatic carbocycles. The van der Waals surface area contributed by atoms with Crippen molar-refractivity contribution in [2.45, 2.75) is 32.9 Å². The zero-order valence-electron chi connectivity index (χ0n) is 9.62. The van der Waals surface area contributed by atoms with Crippen LogP contribution in [0.15, 0.2) is 15.9 Å². The van der Waals surface area contributed by atoms with Crippen LogP contribution in [0.1, 0.15) is 31.7 Å². The standard InChI is InChI=1S/C11H16BrNO2S/c1-4-15-11(14)10(13-7(2)3)8-5-6-9(12)16-8/h5-7,10,13H,4H2,1-3H3. The fourth-order valence-electron chi connectivity index (χ4n) is 1.31. The Morgan fingerprint density at radius 3 is 2.69 bits per heavy atom. The average Bonchev–Trinajstić information content (AvgIpc) is 2.61. The van der Waals surface area contributed by atoms with E-state index in [0.717, 1.165) is 8.66 Å². The van der Waals surface area contributed by atoms with Crippen molar-refractivity contribution in [3.05, 3.63) is 20.8 Å². The summed E-state index contributed by atoms with van der Waals surface area (Å²) in [6.45, 7) is 6.24. The second-order valence-electron chi connectivity index (χ2n) is 3.65. The Bertz CT molecular complexity index is 352. The van der Waals surface area contributed by atoms with E-state index in [2.05, 4.69) is 21.2 Å². The van der Waals surface area contributed by atoms with Crippen LogP contribution in [0, 0.1) is 0 Å². The van der Waals surface area contributed by atoms with Gasteiger partial charge in [0, 0.05) is 10.9 Å². The largest absolute Gasteiger partial charge is 0.465 e. The summed E-state index contributed by atoms with van der Waals surface area (Å²) in [6.07, 6.45) is 0. The molecule has 3 nitrogen and oxygen atoms in total. The quantitative estimate of drug-likeness (QED) is 0.850. The van der Waals surface area contributed by atoms with Gasteiger partial charge < -0.3 is 4.74 Å². The Labute approximate surface area is 108 Å². The molecule has 90 valence electrons. The lowest BCUT2D eigenvalue weighted by molar-refractivity contribution is -0.146. The minimum atomic E-state index is -0.365. The summed E-state index contributed by atoms with van der Waals surface area (Å²) in [7, 11) is 0. The first kappa shape index (κ1) is 13.7. The van der Waals surface area contributed by atoms with Crippen molar-refractivity contribution < 1.29 is 9.53 Å². The van der Waals surface area contributed by atoms with Gasteiger partial charge in [-0.25, -0.2) is 4.79 Å². The number of ether oxygens (including phenoxy) is 1. The van der Waals surface area contributed by atoms with E-state index in [-0.39, 0.29) is 18.1 Å². The van der Waals surface area contributed by atoms with Crippen LogP contribution < -0.4 is 5.32 Å². The van der Waals surface area contributed by atoms with E-state index < -0.39 is 0 Å². The SMILES string of the molecule is CCOC(=O)C(NC(C)C)c1ccc(Br)s1. The summed E-state index contributed by atoms with van der Waals surface area (Å²) in [5.74, 6) is -0.217. The summed E-state index contributed by atoms with van der Waals surface area (Å²) in [5, 5.41) is 3.21. The van der Waals surface area contributed by atoms with E-state index in [9.17, 15) is 4.79 Å². The van der Waals surface area contributed by atoms with Crippen LogP contribution >= 0.6 is 27.3 Å². The Hall–Kier alpha value is -0.390. The minimum absolute atomic E-state index is 0.217.